The summed E-state index contributed by atoms with van der Waals surface area (Å²) in [6, 6.07) is 1.40. The van der Waals surface area contributed by atoms with Crippen LogP contribution in [0.3, 0.4) is 0 Å². The summed E-state index contributed by atoms with van der Waals surface area (Å²) in [7, 11) is 0. The average molecular weight is 349 g/mol. The summed E-state index contributed by atoms with van der Waals surface area (Å²) in [5, 5.41) is 6.66. The first kappa shape index (κ1) is 17.6. The maximum absolute atomic E-state index is 12.5. The number of alkyl halides is 3. The van der Waals surface area contributed by atoms with Gasteiger partial charge in [0, 0.05) is 26.2 Å². The molecule has 0 aliphatic carbocycles. The largest absolute Gasteiger partial charge is 0.471 e. The molecule has 0 aromatic carbocycles. The second-order valence-corrected chi connectivity index (χ2v) is 6.14. The highest BCUT2D eigenvalue weighted by Crippen LogP contribution is 2.20. The van der Waals surface area contributed by atoms with Crippen molar-refractivity contribution in [1.82, 2.24) is 15.1 Å². The minimum absolute atomic E-state index is 0.00219. The fourth-order valence-corrected chi connectivity index (χ4v) is 3.14. The predicted octanol–water partition coefficient (Wildman–Crippen LogP) is 2.62. The monoisotopic (exact) mass is 349 g/mol. The van der Waals surface area contributed by atoms with E-state index in [4.69, 9.17) is 0 Å². The number of carbonyl (C=O) groups excluding carboxylic acids is 2. The Hall–Kier alpha value is -1.77. The number of hydrogen-bond donors (Lipinski definition) is 1. The molecule has 1 aromatic rings. The fourth-order valence-electron chi connectivity index (χ4n) is 2.38. The van der Waals surface area contributed by atoms with Gasteiger partial charge >= 0.3 is 18.1 Å². The molecule has 2 heterocycles. The molecule has 1 fully saturated rings. The van der Waals surface area contributed by atoms with Crippen LogP contribution in [-0.2, 0) is 4.79 Å². The van der Waals surface area contributed by atoms with Crippen LogP contribution in [0, 0.1) is 0 Å². The van der Waals surface area contributed by atoms with Gasteiger partial charge in [0.15, 0.2) is 0 Å². The van der Waals surface area contributed by atoms with Gasteiger partial charge in [-0.3, -0.25) is 4.79 Å². The number of hydrogen-bond acceptors (Lipinski definition) is 3. The van der Waals surface area contributed by atoms with Crippen molar-refractivity contribution in [1.29, 1.82) is 0 Å². The van der Waals surface area contributed by atoms with Gasteiger partial charge in [-0.1, -0.05) is 0 Å². The van der Waals surface area contributed by atoms with Crippen molar-refractivity contribution in [3.8, 4) is 0 Å². The van der Waals surface area contributed by atoms with E-state index >= 15 is 0 Å². The van der Waals surface area contributed by atoms with E-state index in [0.717, 1.165) is 10.5 Å². The Morgan fingerprint density at radius 2 is 1.87 bits per heavy atom. The summed E-state index contributed by atoms with van der Waals surface area (Å²) < 4.78 is 37.4. The molecule has 3 amide bonds. The third kappa shape index (κ3) is 4.60. The number of rotatable bonds is 2. The zero-order valence-corrected chi connectivity index (χ0v) is 13.4. The molecule has 1 aliphatic heterocycles. The SMILES string of the molecule is C[C@H](NC(=O)N1CCCN(C(=O)C(F)(F)F)CC1)c1ccsc1. The van der Waals surface area contributed by atoms with Crippen LogP contribution in [-0.4, -0.2) is 54.1 Å². The summed E-state index contributed by atoms with van der Waals surface area (Å²) >= 11 is 1.52. The normalized spacial score (nSPS) is 17.6. The first-order valence-electron chi connectivity index (χ1n) is 7.22. The van der Waals surface area contributed by atoms with Crippen molar-refractivity contribution in [3.63, 3.8) is 0 Å². The summed E-state index contributed by atoms with van der Waals surface area (Å²) in [5.41, 5.74) is 0.979. The number of thiophene rings is 1. The molecule has 1 saturated heterocycles. The van der Waals surface area contributed by atoms with Crippen LogP contribution in [0.15, 0.2) is 16.8 Å². The van der Waals surface area contributed by atoms with Crippen LogP contribution in [0.2, 0.25) is 0 Å². The number of amides is 3. The highest BCUT2D eigenvalue weighted by molar-refractivity contribution is 7.07. The van der Waals surface area contributed by atoms with Gasteiger partial charge in [-0.2, -0.15) is 24.5 Å². The second kappa shape index (κ2) is 7.20. The summed E-state index contributed by atoms with van der Waals surface area (Å²) in [5.74, 6) is -1.84. The molecule has 5 nitrogen and oxygen atoms in total. The molecular weight excluding hydrogens is 331 g/mol. The predicted molar refractivity (Wildman–Crippen MR) is 80.1 cm³/mol. The third-order valence-corrected chi connectivity index (χ3v) is 4.40. The Morgan fingerprint density at radius 1 is 1.22 bits per heavy atom. The van der Waals surface area contributed by atoms with E-state index in [2.05, 4.69) is 5.32 Å². The van der Waals surface area contributed by atoms with Crippen LogP contribution in [0.4, 0.5) is 18.0 Å². The van der Waals surface area contributed by atoms with Gasteiger partial charge in [0.05, 0.1) is 6.04 Å². The van der Waals surface area contributed by atoms with E-state index < -0.39 is 12.1 Å². The van der Waals surface area contributed by atoms with Crippen molar-refractivity contribution in [2.75, 3.05) is 26.2 Å². The number of nitrogens with one attached hydrogen (secondary N) is 1. The maximum atomic E-state index is 12.5. The van der Waals surface area contributed by atoms with Crippen LogP contribution in [0.5, 0.6) is 0 Å². The van der Waals surface area contributed by atoms with E-state index in [-0.39, 0.29) is 31.7 Å². The quantitative estimate of drug-likeness (QED) is 0.892. The minimum atomic E-state index is -4.87. The van der Waals surface area contributed by atoms with Gasteiger partial charge in [0.1, 0.15) is 0 Å². The number of carbonyl (C=O) groups is 2. The fraction of sp³-hybridized carbons (Fsp3) is 0.571. The Labute approximate surface area is 136 Å². The van der Waals surface area contributed by atoms with Gasteiger partial charge in [-0.25, -0.2) is 4.79 Å². The molecule has 1 N–H and O–H groups in total. The summed E-state index contributed by atoms with van der Waals surface area (Å²) in [4.78, 5) is 25.7. The molecule has 0 unspecified atom stereocenters. The smallest absolute Gasteiger partial charge is 0.333 e. The van der Waals surface area contributed by atoms with Gasteiger partial charge in [0.2, 0.25) is 0 Å². The van der Waals surface area contributed by atoms with E-state index in [1.54, 1.807) is 0 Å². The lowest BCUT2D eigenvalue weighted by atomic mass is 10.2. The number of nitrogens with zero attached hydrogens (tertiary/aromatic N) is 2. The Kier molecular flexibility index (Phi) is 5.51. The lowest BCUT2D eigenvalue weighted by Crippen LogP contribution is -2.45. The van der Waals surface area contributed by atoms with E-state index in [1.165, 1.54) is 16.2 Å². The van der Waals surface area contributed by atoms with Crippen LogP contribution in [0.25, 0.3) is 0 Å². The van der Waals surface area contributed by atoms with Gasteiger partial charge in [-0.15, -0.1) is 0 Å². The molecule has 0 bridgehead atoms. The molecule has 9 heteroatoms. The van der Waals surface area contributed by atoms with Crippen molar-refractivity contribution in [2.24, 2.45) is 0 Å². The summed E-state index contributed by atoms with van der Waals surface area (Å²) in [6.07, 6.45) is -4.55. The van der Waals surface area contributed by atoms with Crippen molar-refractivity contribution < 1.29 is 22.8 Å². The average Bonchev–Trinajstić information content (AvgIpc) is 2.90. The standard InChI is InChI=1S/C14H18F3N3O2S/c1-10(11-3-8-23-9-11)18-13(22)20-5-2-4-19(6-7-20)12(21)14(15,16)17/h3,8-10H,2,4-7H2,1H3,(H,18,22)/t10-/m0/s1. The van der Waals surface area contributed by atoms with E-state index in [1.807, 2.05) is 23.8 Å². The Bertz CT molecular complexity index is 548. The van der Waals surface area contributed by atoms with Crippen molar-refractivity contribution >= 4 is 23.3 Å². The van der Waals surface area contributed by atoms with Crippen molar-refractivity contribution in [3.05, 3.63) is 22.4 Å². The lowest BCUT2D eigenvalue weighted by Gasteiger charge is -2.24. The van der Waals surface area contributed by atoms with Gasteiger partial charge in [0.25, 0.3) is 0 Å². The molecular formula is C14H18F3N3O2S. The van der Waals surface area contributed by atoms with Crippen molar-refractivity contribution in [2.45, 2.75) is 25.6 Å². The van der Waals surface area contributed by atoms with E-state index in [0.29, 0.717) is 13.0 Å². The highest BCUT2D eigenvalue weighted by Gasteiger charge is 2.42. The number of urea groups is 1. The molecule has 0 spiro atoms. The molecule has 128 valence electrons. The zero-order chi connectivity index (χ0) is 17.0. The molecule has 1 aliphatic rings. The maximum Gasteiger partial charge on any atom is 0.471 e. The Morgan fingerprint density at radius 3 is 2.48 bits per heavy atom. The molecule has 23 heavy (non-hydrogen) atoms. The minimum Gasteiger partial charge on any atom is -0.333 e. The van der Waals surface area contributed by atoms with E-state index in [9.17, 15) is 22.8 Å². The molecule has 0 radical (unpaired) electrons. The molecule has 0 saturated carbocycles. The highest BCUT2D eigenvalue weighted by atomic mass is 32.1. The van der Waals surface area contributed by atoms with Gasteiger partial charge < -0.3 is 15.1 Å². The third-order valence-electron chi connectivity index (χ3n) is 3.70. The zero-order valence-electron chi connectivity index (χ0n) is 12.6. The Balaban J connectivity index is 1.90. The summed E-state index contributed by atoms with van der Waals surface area (Å²) in [6.45, 7) is 2.14. The van der Waals surface area contributed by atoms with Crippen LogP contribution >= 0.6 is 11.3 Å². The molecule has 1 aromatic heterocycles. The second-order valence-electron chi connectivity index (χ2n) is 5.36. The first-order valence-corrected chi connectivity index (χ1v) is 8.17. The molecule has 2 rings (SSSR count). The molecule has 1 atom stereocenters. The van der Waals surface area contributed by atoms with Crippen LogP contribution < -0.4 is 5.32 Å². The first-order chi connectivity index (χ1) is 10.8. The van der Waals surface area contributed by atoms with Gasteiger partial charge in [-0.05, 0) is 35.7 Å². The topological polar surface area (TPSA) is 52.7 Å². The van der Waals surface area contributed by atoms with Crippen LogP contribution in [0.1, 0.15) is 24.9 Å². The number of halogens is 3. The lowest BCUT2D eigenvalue weighted by molar-refractivity contribution is -0.185.